The number of hydrogen-bond acceptors (Lipinski definition) is 4. The monoisotopic (exact) mass is 424 g/mol. The second-order valence-electron chi connectivity index (χ2n) is 8.52. The normalized spacial score (nSPS) is 27.4. The van der Waals surface area contributed by atoms with Crippen molar-refractivity contribution in [3.8, 4) is 5.75 Å². The minimum Gasteiger partial charge on any atom is -0.482 e. The lowest BCUT2D eigenvalue weighted by Crippen LogP contribution is -2.65. The minimum absolute atomic E-state index is 0.129. The molecular formula is C21H23F3N2O2S. The molecule has 4 heterocycles. The summed E-state index contributed by atoms with van der Waals surface area (Å²) in [6, 6.07) is 5.49. The molecule has 4 nitrogen and oxygen atoms in total. The molecule has 3 saturated heterocycles. The van der Waals surface area contributed by atoms with Crippen LogP contribution in [0.15, 0.2) is 18.2 Å². The highest BCUT2D eigenvalue weighted by Crippen LogP contribution is 2.53. The quantitative estimate of drug-likeness (QED) is 0.785. The van der Waals surface area contributed by atoms with Gasteiger partial charge in [-0.25, -0.2) is 0 Å². The lowest BCUT2D eigenvalue weighted by molar-refractivity contribution is -0.153. The summed E-state index contributed by atoms with van der Waals surface area (Å²) in [6.07, 6.45) is 0.104. The highest BCUT2D eigenvalue weighted by Gasteiger charge is 2.60. The first-order valence-corrected chi connectivity index (χ1v) is 10.9. The van der Waals surface area contributed by atoms with E-state index in [1.165, 1.54) is 11.3 Å². The molecule has 1 aromatic heterocycles. The van der Waals surface area contributed by atoms with Gasteiger partial charge >= 0.3 is 6.18 Å². The number of halogens is 3. The van der Waals surface area contributed by atoms with Crippen LogP contribution in [0.2, 0.25) is 0 Å². The van der Waals surface area contributed by atoms with Crippen LogP contribution in [0.4, 0.5) is 13.2 Å². The number of fused-ring (bicyclic) bond motifs is 3. The third-order valence-corrected chi connectivity index (χ3v) is 7.86. The first-order valence-electron chi connectivity index (χ1n) is 10.1. The van der Waals surface area contributed by atoms with Crippen molar-refractivity contribution < 1.29 is 22.7 Å². The molecule has 4 fully saturated rings. The van der Waals surface area contributed by atoms with Gasteiger partial charge in [-0.1, -0.05) is 12.1 Å². The molecular weight excluding hydrogens is 401 g/mol. The maximum absolute atomic E-state index is 13.0. The van der Waals surface area contributed by atoms with E-state index in [1.54, 1.807) is 19.1 Å². The van der Waals surface area contributed by atoms with E-state index in [0.717, 1.165) is 44.2 Å². The van der Waals surface area contributed by atoms with E-state index < -0.39 is 12.8 Å². The summed E-state index contributed by atoms with van der Waals surface area (Å²) < 4.78 is 43.6. The summed E-state index contributed by atoms with van der Waals surface area (Å²) in [7, 11) is 0. The molecule has 1 saturated carbocycles. The van der Waals surface area contributed by atoms with Crippen LogP contribution in [0.1, 0.15) is 40.9 Å². The molecule has 1 N–H and O–H groups in total. The van der Waals surface area contributed by atoms with Crippen LogP contribution in [0.5, 0.6) is 5.75 Å². The van der Waals surface area contributed by atoms with E-state index in [2.05, 4.69) is 10.2 Å². The number of thiophene rings is 1. The van der Waals surface area contributed by atoms with Crippen molar-refractivity contribution in [2.45, 2.75) is 50.4 Å². The lowest BCUT2D eigenvalue weighted by atomic mass is 9.77. The first kappa shape index (κ1) is 19.2. The maximum atomic E-state index is 13.0. The summed E-state index contributed by atoms with van der Waals surface area (Å²) in [4.78, 5) is 16.1. The van der Waals surface area contributed by atoms with Gasteiger partial charge in [0.15, 0.2) is 6.61 Å². The fourth-order valence-electron chi connectivity index (χ4n) is 5.15. The van der Waals surface area contributed by atoms with E-state index in [-0.39, 0.29) is 23.2 Å². The van der Waals surface area contributed by atoms with Crippen molar-refractivity contribution in [2.75, 3.05) is 19.7 Å². The zero-order valence-electron chi connectivity index (χ0n) is 16.1. The molecule has 1 atom stereocenters. The number of alkyl halides is 3. The molecule has 1 spiro atoms. The summed E-state index contributed by atoms with van der Waals surface area (Å²) in [5.41, 5.74) is 0.773. The number of ether oxygens (including phenoxy) is 1. The van der Waals surface area contributed by atoms with Crippen LogP contribution >= 0.6 is 11.3 Å². The van der Waals surface area contributed by atoms with Gasteiger partial charge in [-0.2, -0.15) is 13.2 Å². The maximum Gasteiger partial charge on any atom is 0.422 e. The fraction of sp³-hybridized carbons (Fsp3) is 0.571. The van der Waals surface area contributed by atoms with Gasteiger partial charge in [-0.15, -0.1) is 11.3 Å². The van der Waals surface area contributed by atoms with E-state index in [0.29, 0.717) is 21.1 Å². The molecule has 3 aliphatic heterocycles. The average molecular weight is 424 g/mol. The molecule has 0 unspecified atom stereocenters. The summed E-state index contributed by atoms with van der Waals surface area (Å²) in [5.74, 6) is 0.606. The number of amides is 1. The van der Waals surface area contributed by atoms with Crippen LogP contribution < -0.4 is 10.1 Å². The zero-order valence-corrected chi connectivity index (χ0v) is 17.0. The van der Waals surface area contributed by atoms with Crippen LogP contribution in [0.3, 0.4) is 0 Å². The Morgan fingerprint density at radius 1 is 1.31 bits per heavy atom. The van der Waals surface area contributed by atoms with Gasteiger partial charge in [-0.3, -0.25) is 9.69 Å². The third kappa shape index (κ3) is 3.30. The molecule has 6 rings (SSSR count). The Kier molecular flexibility index (Phi) is 4.37. The molecule has 1 amide bonds. The van der Waals surface area contributed by atoms with Crippen LogP contribution in [-0.4, -0.2) is 48.3 Å². The molecule has 156 valence electrons. The first-order chi connectivity index (χ1) is 13.8. The van der Waals surface area contributed by atoms with Crippen molar-refractivity contribution >= 4 is 27.3 Å². The van der Waals surface area contributed by atoms with Crippen molar-refractivity contribution in [3.05, 3.63) is 28.6 Å². The Labute approximate surface area is 171 Å². The smallest absolute Gasteiger partial charge is 0.422 e. The number of nitrogens with zero attached hydrogens (tertiary/aromatic N) is 1. The molecule has 2 bridgehead atoms. The number of carbonyl (C=O) groups excluding carboxylic acids is 1. The second kappa shape index (κ2) is 6.60. The Hall–Kier alpha value is -1.80. The van der Waals surface area contributed by atoms with Crippen LogP contribution in [0.25, 0.3) is 10.1 Å². The molecule has 1 aromatic carbocycles. The van der Waals surface area contributed by atoms with Crippen molar-refractivity contribution in [3.63, 3.8) is 0 Å². The van der Waals surface area contributed by atoms with Gasteiger partial charge in [0.1, 0.15) is 5.75 Å². The predicted octanol–water partition coefficient (Wildman–Crippen LogP) is 4.51. The Morgan fingerprint density at radius 3 is 2.69 bits per heavy atom. The van der Waals surface area contributed by atoms with Crippen LogP contribution in [-0.2, 0) is 0 Å². The molecule has 29 heavy (non-hydrogen) atoms. The molecule has 8 heteroatoms. The minimum atomic E-state index is -4.40. The number of benzene rings is 1. The van der Waals surface area contributed by atoms with Gasteiger partial charge < -0.3 is 10.1 Å². The highest BCUT2D eigenvalue weighted by molar-refractivity contribution is 7.21. The van der Waals surface area contributed by atoms with E-state index in [4.69, 9.17) is 4.74 Å². The fourth-order valence-corrected chi connectivity index (χ4v) is 6.27. The average Bonchev–Trinajstić information content (AvgIpc) is 3.33. The lowest BCUT2D eigenvalue weighted by Gasteiger charge is -2.52. The summed E-state index contributed by atoms with van der Waals surface area (Å²) in [5, 5.41) is 4.01. The third-order valence-electron chi connectivity index (χ3n) is 6.71. The van der Waals surface area contributed by atoms with Crippen molar-refractivity contribution in [1.82, 2.24) is 10.2 Å². The number of rotatable bonds is 4. The van der Waals surface area contributed by atoms with Gasteiger partial charge in [0.2, 0.25) is 0 Å². The number of hydrogen-bond donors (Lipinski definition) is 1. The standard InChI is InChI=1S/C21H23F3N2O2S/c1-12-2-3-14-10-15(29-17(14)16(12)28-11-21(22,23)24)19(27)25-18-13-4-8-26(9-5-13)20(18)6-7-20/h2-3,10,13,18H,4-9,11H2,1H3,(H,25,27)/t18-/m0/s1. The molecule has 1 aliphatic carbocycles. The number of nitrogens with one attached hydrogen (secondary N) is 1. The van der Waals surface area contributed by atoms with Crippen molar-refractivity contribution in [1.29, 1.82) is 0 Å². The molecule has 4 aliphatic rings. The van der Waals surface area contributed by atoms with Crippen molar-refractivity contribution in [2.24, 2.45) is 5.92 Å². The Morgan fingerprint density at radius 2 is 2.03 bits per heavy atom. The zero-order chi connectivity index (χ0) is 20.4. The Bertz CT molecular complexity index is 959. The number of carbonyl (C=O) groups is 1. The predicted molar refractivity (Wildman–Crippen MR) is 106 cm³/mol. The van der Waals surface area contributed by atoms with E-state index >= 15 is 0 Å². The van der Waals surface area contributed by atoms with Gasteiger partial charge in [0.25, 0.3) is 5.91 Å². The summed E-state index contributed by atoms with van der Waals surface area (Å²) >= 11 is 1.21. The highest BCUT2D eigenvalue weighted by atomic mass is 32.1. The second-order valence-corrected chi connectivity index (χ2v) is 9.58. The number of aryl methyl sites for hydroxylation is 1. The molecule has 2 aromatic rings. The summed E-state index contributed by atoms with van der Waals surface area (Å²) in [6.45, 7) is 2.63. The number of piperidine rings is 3. The van der Waals surface area contributed by atoms with Gasteiger partial charge in [0, 0.05) is 5.54 Å². The Balaban J connectivity index is 1.40. The van der Waals surface area contributed by atoms with Gasteiger partial charge in [0.05, 0.1) is 15.6 Å². The molecule has 0 radical (unpaired) electrons. The van der Waals surface area contributed by atoms with Gasteiger partial charge in [-0.05, 0) is 68.6 Å². The van der Waals surface area contributed by atoms with E-state index in [9.17, 15) is 18.0 Å². The SMILES string of the molecule is Cc1ccc2cc(C(=O)N[C@H]3C4CCN(CC4)C34CC4)sc2c1OCC(F)(F)F. The van der Waals surface area contributed by atoms with Crippen LogP contribution in [0, 0.1) is 12.8 Å². The van der Waals surface area contributed by atoms with E-state index in [1.807, 2.05) is 6.07 Å². The largest absolute Gasteiger partial charge is 0.482 e. The topological polar surface area (TPSA) is 41.6 Å².